The zero-order valence-electron chi connectivity index (χ0n) is 13.3. The van der Waals surface area contributed by atoms with Gasteiger partial charge in [0.05, 0.1) is 6.04 Å². The van der Waals surface area contributed by atoms with E-state index in [4.69, 9.17) is 5.73 Å². The summed E-state index contributed by atoms with van der Waals surface area (Å²) in [5.74, 6) is -0.130. The van der Waals surface area contributed by atoms with Crippen LogP contribution in [0.15, 0.2) is 30.3 Å². The summed E-state index contributed by atoms with van der Waals surface area (Å²) in [6.45, 7) is 5.28. The molecule has 1 aromatic carbocycles. The van der Waals surface area contributed by atoms with Crippen LogP contribution in [0.25, 0.3) is 0 Å². The minimum atomic E-state index is -0.507. The van der Waals surface area contributed by atoms with Crippen LogP contribution in [0.2, 0.25) is 0 Å². The average molecular weight is 303 g/mol. The molecule has 2 atom stereocenters. The van der Waals surface area contributed by atoms with Crippen molar-refractivity contribution in [2.24, 2.45) is 11.7 Å². The minimum absolute atomic E-state index is 0.0282. The van der Waals surface area contributed by atoms with Crippen molar-refractivity contribution in [2.75, 3.05) is 13.1 Å². The number of carbonyl (C=O) groups is 2. The second-order valence-electron chi connectivity index (χ2n) is 6.28. The molecule has 1 aliphatic rings. The van der Waals surface area contributed by atoms with E-state index in [1.807, 2.05) is 44.2 Å². The van der Waals surface area contributed by atoms with Crippen LogP contribution in [-0.2, 0) is 16.0 Å². The third-order valence-corrected chi connectivity index (χ3v) is 4.01. The molecule has 0 radical (unpaired) electrons. The number of piperazine rings is 1. The van der Waals surface area contributed by atoms with Crippen molar-refractivity contribution in [3.05, 3.63) is 35.9 Å². The van der Waals surface area contributed by atoms with E-state index < -0.39 is 11.9 Å². The number of hydrogen-bond acceptors (Lipinski definition) is 3. The molecule has 120 valence electrons. The highest BCUT2D eigenvalue weighted by Crippen LogP contribution is 2.16. The van der Waals surface area contributed by atoms with Gasteiger partial charge in [-0.15, -0.1) is 0 Å². The molecule has 2 rings (SSSR count). The molecule has 2 amide bonds. The van der Waals surface area contributed by atoms with Crippen LogP contribution < -0.4 is 11.1 Å². The number of rotatable bonds is 6. The molecule has 0 spiro atoms. The molecule has 22 heavy (non-hydrogen) atoms. The number of amides is 2. The molecule has 5 heteroatoms. The first kappa shape index (κ1) is 16.5. The summed E-state index contributed by atoms with van der Waals surface area (Å²) >= 11 is 0. The molecule has 0 aromatic heterocycles. The van der Waals surface area contributed by atoms with E-state index in [1.54, 1.807) is 4.90 Å². The summed E-state index contributed by atoms with van der Waals surface area (Å²) in [4.78, 5) is 26.1. The fourth-order valence-electron chi connectivity index (χ4n) is 2.92. The van der Waals surface area contributed by atoms with Crippen molar-refractivity contribution in [1.82, 2.24) is 10.2 Å². The lowest BCUT2D eigenvalue weighted by Crippen LogP contribution is -2.61. The van der Waals surface area contributed by atoms with Gasteiger partial charge >= 0.3 is 0 Å². The SMILES string of the molecule is CC(C)C[C@H](C(N)=O)N1CCN[C@@H](Cc2ccccc2)C1=O. The molecule has 3 N–H and O–H groups in total. The Hall–Kier alpha value is -1.88. The van der Waals surface area contributed by atoms with Gasteiger partial charge in [-0.3, -0.25) is 9.59 Å². The second-order valence-corrected chi connectivity index (χ2v) is 6.28. The van der Waals surface area contributed by atoms with Crippen LogP contribution in [0, 0.1) is 5.92 Å². The topological polar surface area (TPSA) is 75.4 Å². The van der Waals surface area contributed by atoms with Gasteiger partial charge in [-0.25, -0.2) is 0 Å². The average Bonchev–Trinajstić information content (AvgIpc) is 2.48. The lowest BCUT2D eigenvalue weighted by atomic mass is 9.98. The highest BCUT2D eigenvalue weighted by Gasteiger charge is 2.35. The van der Waals surface area contributed by atoms with Crippen LogP contribution in [0.1, 0.15) is 25.8 Å². The molecular formula is C17H25N3O2. The number of hydrogen-bond donors (Lipinski definition) is 2. The predicted molar refractivity (Wildman–Crippen MR) is 86.1 cm³/mol. The van der Waals surface area contributed by atoms with Gasteiger partial charge in [0, 0.05) is 13.1 Å². The Bertz CT molecular complexity index is 516. The number of nitrogens with one attached hydrogen (secondary N) is 1. The third kappa shape index (κ3) is 4.07. The molecule has 0 aliphatic carbocycles. The van der Waals surface area contributed by atoms with Crippen LogP contribution in [0.5, 0.6) is 0 Å². The number of primary amides is 1. The Kier molecular flexibility index (Phi) is 5.55. The quantitative estimate of drug-likeness (QED) is 0.821. The molecular weight excluding hydrogens is 278 g/mol. The number of benzene rings is 1. The van der Waals surface area contributed by atoms with Gasteiger partial charge in [-0.05, 0) is 24.3 Å². The van der Waals surface area contributed by atoms with Crippen molar-refractivity contribution >= 4 is 11.8 Å². The molecule has 1 aromatic rings. The van der Waals surface area contributed by atoms with Crippen LogP contribution >= 0.6 is 0 Å². The second kappa shape index (κ2) is 7.40. The summed E-state index contributed by atoms with van der Waals surface area (Å²) in [7, 11) is 0. The zero-order valence-corrected chi connectivity index (χ0v) is 13.3. The van der Waals surface area contributed by atoms with E-state index in [2.05, 4.69) is 5.32 Å². The first-order valence-corrected chi connectivity index (χ1v) is 7.86. The van der Waals surface area contributed by atoms with Crippen molar-refractivity contribution in [3.8, 4) is 0 Å². The van der Waals surface area contributed by atoms with Gasteiger partial charge in [0.25, 0.3) is 0 Å². The van der Waals surface area contributed by atoms with Gasteiger partial charge < -0.3 is 16.0 Å². The van der Waals surface area contributed by atoms with E-state index in [0.717, 1.165) is 5.56 Å². The maximum atomic E-state index is 12.7. The van der Waals surface area contributed by atoms with Crippen molar-refractivity contribution in [2.45, 2.75) is 38.8 Å². The molecule has 1 heterocycles. The molecule has 0 saturated carbocycles. The highest BCUT2D eigenvalue weighted by atomic mass is 16.2. The van der Waals surface area contributed by atoms with Gasteiger partial charge in [0.15, 0.2) is 0 Å². The summed E-state index contributed by atoms with van der Waals surface area (Å²) in [5.41, 5.74) is 6.63. The third-order valence-electron chi connectivity index (χ3n) is 4.01. The Labute approximate surface area is 131 Å². The van der Waals surface area contributed by atoms with Crippen molar-refractivity contribution in [1.29, 1.82) is 0 Å². The zero-order chi connectivity index (χ0) is 16.1. The Morgan fingerprint density at radius 3 is 2.64 bits per heavy atom. The first-order chi connectivity index (χ1) is 10.5. The smallest absolute Gasteiger partial charge is 0.240 e. The first-order valence-electron chi connectivity index (χ1n) is 7.86. The summed E-state index contributed by atoms with van der Waals surface area (Å²) in [5, 5.41) is 3.25. The summed E-state index contributed by atoms with van der Waals surface area (Å²) < 4.78 is 0. The monoisotopic (exact) mass is 303 g/mol. The Balaban J connectivity index is 2.10. The van der Waals surface area contributed by atoms with Gasteiger partial charge in [0.1, 0.15) is 6.04 Å². The molecule has 5 nitrogen and oxygen atoms in total. The van der Waals surface area contributed by atoms with E-state index in [9.17, 15) is 9.59 Å². The fourth-order valence-corrected chi connectivity index (χ4v) is 2.92. The number of nitrogens with two attached hydrogens (primary N) is 1. The van der Waals surface area contributed by atoms with Crippen LogP contribution in [0.3, 0.4) is 0 Å². The summed E-state index contributed by atoms with van der Waals surface area (Å²) in [6.07, 6.45) is 1.24. The van der Waals surface area contributed by atoms with Crippen LogP contribution in [-0.4, -0.2) is 41.9 Å². The van der Waals surface area contributed by atoms with E-state index >= 15 is 0 Å². The number of nitrogens with zero attached hydrogens (tertiary/aromatic N) is 1. The molecule has 1 fully saturated rings. The summed E-state index contributed by atoms with van der Waals surface area (Å²) in [6, 6.07) is 9.10. The van der Waals surface area contributed by atoms with E-state index in [1.165, 1.54) is 0 Å². The minimum Gasteiger partial charge on any atom is -0.368 e. The van der Waals surface area contributed by atoms with E-state index in [0.29, 0.717) is 31.8 Å². The standard InChI is InChI=1S/C17H25N3O2/c1-12(2)10-15(16(18)21)20-9-8-19-14(17(20)22)11-13-6-4-3-5-7-13/h3-7,12,14-15,19H,8-11H2,1-2H3,(H2,18,21)/t14-,15+/m0/s1. The maximum absolute atomic E-state index is 12.7. The maximum Gasteiger partial charge on any atom is 0.240 e. The van der Waals surface area contributed by atoms with Gasteiger partial charge in [-0.1, -0.05) is 44.2 Å². The fraction of sp³-hybridized carbons (Fsp3) is 0.529. The number of carbonyl (C=O) groups excluding carboxylic acids is 2. The molecule has 0 unspecified atom stereocenters. The Morgan fingerprint density at radius 1 is 1.36 bits per heavy atom. The normalized spacial score (nSPS) is 20.2. The molecule has 1 saturated heterocycles. The Morgan fingerprint density at radius 2 is 2.05 bits per heavy atom. The lowest BCUT2D eigenvalue weighted by Gasteiger charge is -2.38. The van der Waals surface area contributed by atoms with E-state index in [-0.39, 0.29) is 11.9 Å². The van der Waals surface area contributed by atoms with Crippen molar-refractivity contribution in [3.63, 3.8) is 0 Å². The lowest BCUT2D eigenvalue weighted by molar-refractivity contribution is -0.143. The van der Waals surface area contributed by atoms with Crippen LogP contribution in [0.4, 0.5) is 0 Å². The highest BCUT2D eigenvalue weighted by molar-refractivity contribution is 5.89. The van der Waals surface area contributed by atoms with Gasteiger partial charge in [-0.2, -0.15) is 0 Å². The van der Waals surface area contributed by atoms with Crippen molar-refractivity contribution < 1.29 is 9.59 Å². The van der Waals surface area contributed by atoms with Gasteiger partial charge in [0.2, 0.25) is 11.8 Å². The molecule has 1 aliphatic heterocycles. The molecule has 0 bridgehead atoms. The predicted octanol–water partition coefficient (Wildman–Crippen LogP) is 0.930. The largest absolute Gasteiger partial charge is 0.368 e.